The Morgan fingerprint density at radius 3 is 2.42 bits per heavy atom. The molecule has 0 bridgehead atoms. The van der Waals surface area contributed by atoms with Crippen LogP contribution in [0.5, 0.6) is 5.75 Å². The third-order valence-corrected chi connectivity index (χ3v) is 6.37. The number of aromatic nitrogens is 2. The molecule has 0 unspecified atom stereocenters. The maximum absolute atomic E-state index is 13.3. The summed E-state index contributed by atoms with van der Waals surface area (Å²) in [6.45, 7) is 2.23. The zero-order valence-electron chi connectivity index (χ0n) is 17.1. The van der Waals surface area contributed by atoms with Crippen molar-refractivity contribution in [1.29, 1.82) is 0 Å². The van der Waals surface area contributed by atoms with Crippen molar-refractivity contribution in [3.05, 3.63) is 84.2 Å². The Hall–Kier alpha value is -3.65. The Morgan fingerprint density at radius 1 is 1.03 bits per heavy atom. The molecule has 0 atom stereocenters. The number of aryl methyl sites for hydroxylation is 1. The van der Waals surface area contributed by atoms with Crippen molar-refractivity contribution in [3.8, 4) is 17.2 Å². The number of rotatable bonds is 7. The third kappa shape index (κ3) is 4.44. The fourth-order valence-corrected chi connectivity index (χ4v) is 4.25. The van der Waals surface area contributed by atoms with E-state index < -0.39 is 9.84 Å². The summed E-state index contributed by atoms with van der Waals surface area (Å²) in [6.07, 6.45) is 3.37. The highest BCUT2D eigenvalue weighted by atomic mass is 32.2. The van der Waals surface area contributed by atoms with E-state index in [1.165, 1.54) is 0 Å². The van der Waals surface area contributed by atoms with E-state index in [1.807, 2.05) is 19.1 Å². The van der Waals surface area contributed by atoms with Crippen molar-refractivity contribution >= 4 is 15.7 Å². The van der Waals surface area contributed by atoms with Crippen LogP contribution in [-0.2, 0) is 16.4 Å². The Morgan fingerprint density at radius 2 is 1.77 bits per heavy atom. The molecule has 0 saturated carbocycles. The summed E-state index contributed by atoms with van der Waals surface area (Å²) in [4.78, 5) is 8.57. The molecule has 2 aromatic heterocycles. The van der Waals surface area contributed by atoms with Gasteiger partial charge in [-0.1, -0.05) is 23.8 Å². The first-order chi connectivity index (χ1) is 15.0. The molecular formula is C23H21N3O4S. The number of anilines is 1. The van der Waals surface area contributed by atoms with E-state index in [0.717, 1.165) is 11.1 Å². The first-order valence-corrected chi connectivity index (χ1v) is 11.1. The number of methoxy groups -OCH3 is 1. The first-order valence-electron chi connectivity index (χ1n) is 9.57. The summed E-state index contributed by atoms with van der Waals surface area (Å²) in [7, 11) is -2.32. The van der Waals surface area contributed by atoms with E-state index in [1.54, 1.807) is 68.0 Å². The van der Waals surface area contributed by atoms with Crippen LogP contribution in [0.25, 0.3) is 11.5 Å². The average molecular weight is 436 g/mol. The van der Waals surface area contributed by atoms with Crippen LogP contribution in [0.3, 0.4) is 0 Å². The highest BCUT2D eigenvalue weighted by Gasteiger charge is 2.28. The Bertz CT molecular complexity index is 1270. The quantitative estimate of drug-likeness (QED) is 0.457. The summed E-state index contributed by atoms with van der Waals surface area (Å²) in [5.41, 5.74) is 2.48. The van der Waals surface area contributed by atoms with E-state index >= 15 is 0 Å². The van der Waals surface area contributed by atoms with Gasteiger partial charge in [0.2, 0.25) is 26.6 Å². The van der Waals surface area contributed by atoms with Crippen LogP contribution in [0.2, 0.25) is 0 Å². The Labute approximate surface area is 180 Å². The van der Waals surface area contributed by atoms with Gasteiger partial charge < -0.3 is 14.5 Å². The van der Waals surface area contributed by atoms with E-state index in [0.29, 0.717) is 17.9 Å². The molecule has 0 aliphatic carbocycles. The lowest BCUT2D eigenvalue weighted by Crippen LogP contribution is -2.07. The van der Waals surface area contributed by atoms with Gasteiger partial charge in [-0.05, 0) is 55.0 Å². The van der Waals surface area contributed by atoms with Crippen LogP contribution in [0, 0.1) is 6.92 Å². The van der Waals surface area contributed by atoms with Crippen molar-refractivity contribution in [2.75, 3.05) is 12.4 Å². The summed E-state index contributed by atoms with van der Waals surface area (Å²) in [5, 5.41) is 2.90. The fraction of sp³-hybridized carbons (Fsp3) is 0.130. The van der Waals surface area contributed by atoms with Gasteiger partial charge in [0, 0.05) is 24.5 Å². The number of pyridine rings is 1. The molecule has 2 aromatic carbocycles. The molecule has 7 nitrogen and oxygen atoms in total. The molecule has 4 aromatic rings. The summed E-state index contributed by atoms with van der Waals surface area (Å²) >= 11 is 0. The molecule has 0 amide bonds. The van der Waals surface area contributed by atoms with Crippen molar-refractivity contribution in [2.24, 2.45) is 0 Å². The van der Waals surface area contributed by atoms with E-state index in [2.05, 4.69) is 15.3 Å². The predicted octanol–water partition coefficient (Wildman–Crippen LogP) is 4.50. The highest BCUT2D eigenvalue weighted by Crippen LogP contribution is 2.33. The van der Waals surface area contributed by atoms with Crippen LogP contribution < -0.4 is 10.1 Å². The van der Waals surface area contributed by atoms with Gasteiger partial charge in [-0.2, -0.15) is 4.98 Å². The minimum Gasteiger partial charge on any atom is -0.497 e. The van der Waals surface area contributed by atoms with Gasteiger partial charge in [-0.15, -0.1) is 0 Å². The van der Waals surface area contributed by atoms with Crippen LogP contribution in [0.1, 0.15) is 11.1 Å². The molecule has 4 rings (SSSR count). The van der Waals surface area contributed by atoms with Gasteiger partial charge in [-0.25, -0.2) is 8.42 Å². The Kier molecular flexibility index (Phi) is 5.73. The minimum atomic E-state index is -3.90. The smallest absolute Gasteiger partial charge is 0.234 e. The molecule has 0 aliphatic heterocycles. The van der Waals surface area contributed by atoms with Gasteiger partial charge >= 0.3 is 0 Å². The molecule has 0 saturated heterocycles. The summed E-state index contributed by atoms with van der Waals surface area (Å²) in [5.74, 6) is 0.954. The van der Waals surface area contributed by atoms with Gasteiger partial charge in [0.05, 0.1) is 12.0 Å². The average Bonchev–Trinajstić information content (AvgIpc) is 3.24. The van der Waals surface area contributed by atoms with Gasteiger partial charge in [0.15, 0.2) is 0 Å². The van der Waals surface area contributed by atoms with Crippen LogP contribution in [-0.4, -0.2) is 25.5 Å². The number of sulfone groups is 1. The zero-order valence-corrected chi connectivity index (χ0v) is 17.9. The maximum atomic E-state index is 13.3. The van der Waals surface area contributed by atoms with E-state index in [4.69, 9.17) is 9.15 Å². The number of ether oxygens (including phenoxy) is 1. The molecule has 1 N–H and O–H groups in total. The third-order valence-electron chi connectivity index (χ3n) is 4.69. The molecule has 2 heterocycles. The predicted molar refractivity (Wildman–Crippen MR) is 117 cm³/mol. The van der Waals surface area contributed by atoms with Gasteiger partial charge in [0.1, 0.15) is 5.75 Å². The number of hydrogen-bond acceptors (Lipinski definition) is 7. The molecule has 0 spiro atoms. The largest absolute Gasteiger partial charge is 0.497 e. The summed E-state index contributed by atoms with van der Waals surface area (Å²) < 4.78 is 37.7. The molecule has 31 heavy (non-hydrogen) atoms. The molecule has 8 heteroatoms. The molecule has 0 radical (unpaired) electrons. The molecule has 0 fully saturated rings. The van der Waals surface area contributed by atoms with E-state index in [-0.39, 0.29) is 21.7 Å². The number of hydrogen-bond donors (Lipinski definition) is 1. The zero-order chi connectivity index (χ0) is 21.8. The Balaban J connectivity index is 1.75. The molecule has 0 aliphatic rings. The van der Waals surface area contributed by atoms with Crippen LogP contribution in [0.4, 0.5) is 5.88 Å². The van der Waals surface area contributed by atoms with E-state index in [9.17, 15) is 8.42 Å². The topological polar surface area (TPSA) is 94.3 Å². The second kappa shape index (κ2) is 8.61. The van der Waals surface area contributed by atoms with Gasteiger partial charge in [-0.3, -0.25) is 4.98 Å². The van der Waals surface area contributed by atoms with Crippen molar-refractivity contribution in [2.45, 2.75) is 23.4 Å². The van der Waals surface area contributed by atoms with Crippen molar-refractivity contribution < 1.29 is 17.6 Å². The lowest BCUT2D eigenvalue weighted by atomic mass is 10.2. The lowest BCUT2D eigenvalue weighted by molar-refractivity contribution is 0.415. The van der Waals surface area contributed by atoms with Crippen LogP contribution >= 0.6 is 0 Å². The standard InChI is InChI=1S/C23H21N3O4S/c1-16-5-11-20(12-6-16)31(27,28)23-22(25-15-17-4-3-13-24-14-17)30-21(26-23)18-7-9-19(29-2)10-8-18/h3-14,25H,15H2,1-2H3. The normalized spacial score (nSPS) is 11.3. The second-order valence-corrected chi connectivity index (χ2v) is 8.78. The molecular weight excluding hydrogens is 414 g/mol. The summed E-state index contributed by atoms with van der Waals surface area (Å²) in [6, 6.07) is 17.4. The minimum absolute atomic E-state index is 0.0789. The lowest BCUT2D eigenvalue weighted by Gasteiger charge is -2.06. The number of nitrogens with zero attached hydrogens (tertiary/aromatic N) is 2. The number of benzene rings is 2. The second-order valence-electron chi connectivity index (χ2n) is 6.91. The SMILES string of the molecule is COc1ccc(-c2nc(S(=O)(=O)c3ccc(C)cc3)c(NCc3cccnc3)o2)cc1. The van der Waals surface area contributed by atoms with Crippen LogP contribution in [0.15, 0.2) is 87.4 Å². The highest BCUT2D eigenvalue weighted by molar-refractivity contribution is 7.91. The first kappa shape index (κ1) is 20.6. The number of nitrogens with one attached hydrogen (secondary N) is 1. The monoisotopic (exact) mass is 435 g/mol. The molecule has 158 valence electrons. The van der Waals surface area contributed by atoms with Crippen molar-refractivity contribution in [3.63, 3.8) is 0 Å². The number of oxazole rings is 1. The van der Waals surface area contributed by atoms with Crippen molar-refractivity contribution in [1.82, 2.24) is 9.97 Å². The maximum Gasteiger partial charge on any atom is 0.234 e. The fourth-order valence-electron chi connectivity index (χ4n) is 2.97. The van der Waals surface area contributed by atoms with Gasteiger partial charge in [0.25, 0.3) is 0 Å².